The first-order valence-corrected chi connectivity index (χ1v) is 14.9. The van der Waals surface area contributed by atoms with Crippen molar-refractivity contribution in [3.8, 4) is 5.69 Å². The molecule has 0 N–H and O–H groups in total. The third-order valence-electron chi connectivity index (χ3n) is 10.2. The number of hydrogen-bond acceptors (Lipinski definition) is 1. The number of benzene rings is 5. The molecular weight excluding hydrogens is 509 g/mol. The smallest absolute Gasteiger partial charge is 0.272 e. The molecule has 4 aliphatic rings. The lowest BCUT2D eigenvalue weighted by Gasteiger charge is -2.37. The maximum atomic E-state index is 2.65. The summed E-state index contributed by atoms with van der Waals surface area (Å²) in [5, 5.41) is 5.36. The summed E-state index contributed by atoms with van der Waals surface area (Å²) < 4.78 is 5.19. The maximum absolute atomic E-state index is 2.65. The summed E-state index contributed by atoms with van der Waals surface area (Å²) in [4.78, 5) is 2.65. The molecule has 7 aromatic rings. The van der Waals surface area contributed by atoms with Crippen molar-refractivity contribution >= 4 is 72.6 Å². The molecule has 0 spiro atoms. The van der Waals surface area contributed by atoms with Gasteiger partial charge in [0.1, 0.15) is 0 Å². The second-order valence-corrected chi connectivity index (χ2v) is 12.0. The fourth-order valence-electron chi connectivity index (χ4n) is 8.76. The van der Waals surface area contributed by atoms with Crippen LogP contribution in [0.3, 0.4) is 0 Å². The zero-order valence-electron chi connectivity index (χ0n) is 22.8. The van der Waals surface area contributed by atoms with Gasteiger partial charge >= 0.3 is 0 Å². The Balaban J connectivity index is 1.42. The first-order valence-electron chi connectivity index (χ1n) is 14.9. The van der Waals surface area contributed by atoms with E-state index in [-0.39, 0.29) is 18.7 Å². The van der Waals surface area contributed by atoms with Crippen LogP contribution in [0.2, 0.25) is 0 Å². The van der Waals surface area contributed by atoms with Crippen LogP contribution >= 0.6 is 0 Å². The van der Waals surface area contributed by atoms with E-state index < -0.39 is 0 Å². The number of allylic oxidation sites excluding steroid dienone is 2. The zero-order valence-corrected chi connectivity index (χ0v) is 22.8. The molecule has 1 aliphatic carbocycles. The van der Waals surface area contributed by atoms with Crippen molar-refractivity contribution in [3.63, 3.8) is 0 Å². The molecule has 11 rings (SSSR count). The molecule has 3 nitrogen and oxygen atoms in total. The second kappa shape index (κ2) is 7.34. The molecule has 42 heavy (non-hydrogen) atoms. The molecule has 2 aromatic heterocycles. The van der Waals surface area contributed by atoms with Crippen molar-refractivity contribution in [1.29, 1.82) is 0 Å². The summed E-state index contributed by atoms with van der Waals surface area (Å²) in [6.07, 6.45) is 9.31. The van der Waals surface area contributed by atoms with Gasteiger partial charge in [-0.25, -0.2) is 0 Å². The fraction of sp³-hybridized carbons (Fsp3) is 0.0526. The average molecular weight is 533 g/mol. The summed E-state index contributed by atoms with van der Waals surface area (Å²) in [7, 11) is 0. The third-order valence-corrected chi connectivity index (χ3v) is 10.2. The molecule has 4 heteroatoms. The van der Waals surface area contributed by atoms with Gasteiger partial charge in [-0.05, 0) is 47.3 Å². The minimum absolute atomic E-state index is 0.128. The van der Waals surface area contributed by atoms with Crippen LogP contribution in [-0.2, 0) is 0 Å². The first-order chi connectivity index (χ1) is 20.9. The van der Waals surface area contributed by atoms with Crippen LogP contribution in [0.15, 0.2) is 139 Å². The molecule has 3 aliphatic heterocycles. The summed E-state index contributed by atoms with van der Waals surface area (Å²) in [6.45, 7) is 0.128. The van der Waals surface area contributed by atoms with Crippen molar-refractivity contribution in [2.45, 2.75) is 6.04 Å². The predicted octanol–water partition coefficient (Wildman–Crippen LogP) is 7.17. The Morgan fingerprint density at radius 3 is 2.02 bits per heavy atom. The monoisotopic (exact) mass is 533 g/mol. The second-order valence-electron chi connectivity index (χ2n) is 12.0. The number of para-hydroxylation sites is 4. The van der Waals surface area contributed by atoms with Crippen LogP contribution in [0.4, 0.5) is 5.69 Å². The van der Waals surface area contributed by atoms with Crippen LogP contribution < -0.4 is 15.8 Å². The van der Waals surface area contributed by atoms with Crippen LogP contribution in [-0.4, -0.2) is 21.9 Å². The van der Waals surface area contributed by atoms with E-state index in [4.69, 9.17) is 0 Å². The van der Waals surface area contributed by atoms with Gasteiger partial charge in [-0.3, -0.25) is 0 Å². The Hall–Kier alpha value is -5.22. The summed E-state index contributed by atoms with van der Waals surface area (Å²) in [5.74, 6) is 0.257. The van der Waals surface area contributed by atoms with E-state index in [9.17, 15) is 0 Å². The van der Waals surface area contributed by atoms with Crippen molar-refractivity contribution < 1.29 is 0 Å². The van der Waals surface area contributed by atoms with E-state index in [1.807, 2.05) is 0 Å². The van der Waals surface area contributed by atoms with Gasteiger partial charge in [-0.2, -0.15) is 0 Å². The SMILES string of the molecule is C1=CC2C3=C(B4c5ccccc5-n5c6ccccc6c6cc7c8ccccc8n3c7c4c65)N(c3ccccc3)C2C=C1. The molecule has 2 atom stereocenters. The molecule has 0 saturated carbocycles. The van der Waals surface area contributed by atoms with Gasteiger partial charge in [-0.15, -0.1) is 0 Å². The van der Waals surface area contributed by atoms with Gasteiger partial charge in [0, 0.05) is 50.1 Å². The van der Waals surface area contributed by atoms with Gasteiger partial charge < -0.3 is 14.0 Å². The highest BCUT2D eigenvalue weighted by atomic mass is 15.2. The summed E-state index contributed by atoms with van der Waals surface area (Å²) >= 11 is 0. The highest BCUT2D eigenvalue weighted by Crippen LogP contribution is 2.51. The molecule has 2 unspecified atom stereocenters. The van der Waals surface area contributed by atoms with E-state index in [2.05, 4.69) is 148 Å². The van der Waals surface area contributed by atoms with Gasteiger partial charge in [0.25, 0.3) is 6.71 Å². The zero-order chi connectivity index (χ0) is 27.1. The largest absolute Gasteiger partial charge is 0.343 e. The average Bonchev–Trinajstić information content (AvgIpc) is 3.69. The first kappa shape index (κ1) is 21.5. The van der Waals surface area contributed by atoms with E-state index in [1.165, 1.54) is 77.2 Å². The lowest BCUT2D eigenvalue weighted by molar-refractivity contribution is 0.697. The highest BCUT2D eigenvalue weighted by molar-refractivity contribution is 6.96. The molecule has 0 bridgehead atoms. The van der Waals surface area contributed by atoms with Gasteiger partial charge in [0.15, 0.2) is 0 Å². The number of nitrogens with zero attached hydrogens (tertiary/aromatic N) is 3. The summed E-state index contributed by atoms with van der Waals surface area (Å²) in [5.41, 5.74) is 13.5. The Kier molecular flexibility index (Phi) is 3.76. The Morgan fingerprint density at radius 1 is 0.571 bits per heavy atom. The number of rotatable bonds is 1. The van der Waals surface area contributed by atoms with Crippen molar-refractivity contribution in [1.82, 2.24) is 9.13 Å². The van der Waals surface area contributed by atoms with E-state index >= 15 is 0 Å². The molecule has 5 heterocycles. The minimum Gasteiger partial charge on any atom is -0.343 e. The summed E-state index contributed by atoms with van der Waals surface area (Å²) in [6, 6.07) is 40.9. The lowest BCUT2D eigenvalue weighted by Crippen LogP contribution is -2.55. The van der Waals surface area contributed by atoms with E-state index in [1.54, 1.807) is 0 Å². The van der Waals surface area contributed by atoms with E-state index in [0.29, 0.717) is 0 Å². The normalized spacial score (nSPS) is 19.5. The molecule has 5 aromatic carbocycles. The Bertz CT molecular complexity index is 2440. The van der Waals surface area contributed by atoms with Crippen LogP contribution in [0, 0.1) is 5.92 Å². The van der Waals surface area contributed by atoms with Gasteiger partial charge in [0.05, 0.1) is 28.1 Å². The van der Waals surface area contributed by atoms with Crippen LogP contribution in [0.1, 0.15) is 0 Å². The fourth-order valence-corrected chi connectivity index (χ4v) is 8.76. The van der Waals surface area contributed by atoms with Crippen LogP contribution in [0.25, 0.3) is 55.0 Å². The molecular formula is C38H24BN3. The minimum atomic E-state index is 0.128. The predicted molar refractivity (Wildman–Crippen MR) is 176 cm³/mol. The van der Waals surface area contributed by atoms with Crippen LogP contribution in [0.5, 0.6) is 0 Å². The molecule has 0 amide bonds. The quantitative estimate of drug-likeness (QED) is 0.204. The van der Waals surface area contributed by atoms with Crippen molar-refractivity contribution in [2.75, 3.05) is 4.90 Å². The lowest BCUT2D eigenvalue weighted by atomic mass is 9.35. The standard InChI is InChI=1S/C38H24BN3/c1-2-12-23(13-3-1)40-32-20-10-6-16-26(32)37-38(40)39-29-17-7-11-21-33(29)41-30-18-8-4-14-24(30)27-22-28-25-15-5-9-19-31(25)42(37)36(28)34(39)35(27)41/h1-22,26,32H. The van der Waals surface area contributed by atoms with Crippen molar-refractivity contribution in [3.05, 3.63) is 139 Å². The number of anilines is 1. The number of hydrogen-bond donors (Lipinski definition) is 0. The van der Waals surface area contributed by atoms with Gasteiger partial charge in [0.2, 0.25) is 0 Å². The number of aromatic nitrogens is 2. The maximum Gasteiger partial charge on any atom is 0.272 e. The molecule has 0 fully saturated rings. The molecule has 194 valence electrons. The Morgan fingerprint density at radius 2 is 1.21 bits per heavy atom. The molecule has 0 radical (unpaired) electrons. The van der Waals surface area contributed by atoms with Gasteiger partial charge in [-0.1, -0.05) is 97.1 Å². The molecule has 0 saturated heterocycles. The highest BCUT2D eigenvalue weighted by Gasteiger charge is 2.51. The van der Waals surface area contributed by atoms with E-state index in [0.717, 1.165) is 0 Å². The van der Waals surface area contributed by atoms with Crippen molar-refractivity contribution in [2.24, 2.45) is 5.92 Å². The topological polar surface area (TPSA) is 13.1 Å². The third kappa shape index (κ3) is 2.32. The Labute approximate surface area is 243 Å². The number of fused-ring (bicyclic) bond motifs is 13.